The van der Waals surface area contributed by atoms with Gasteiger partial charge in [0.15, 0.2) is 0 Å². The molecule has 2 aromatic carbocycles. The van der Waals surface area contributed by atoms with Gasteiger partial charge in [-0.15, -0.1) is 0 Å². The van der Waals surface area contributed by atoms with Crippen molar-refractivity contribution in [2.24, 2.45) is 0 Å². The van der Waals surface area contributed by atoms with E-state index in [1.165, 1.54) is 0 Å². The van der Waals surface area contributed by atoms with Gasteiger partial charge in [-0.25, -0.2) is 0 Å². The molecule has 2 aromatic rings. The van der Waals surface area contributed by atoms with E-state index in [0.29, 0.717) is 11.7 Å². The summed E-state index contributed by atoms with van der Waals surface area (Å²) in [4.78, 5) is 0. The average Bonchev–Trinajstić information content (AvgIpc) is 2.37. The molecule has 0 saturated heterocycles. The summed E-state index contributed by atoms with van der Waals surface area (Å²) in [5.41, 5.74) is 3.16. The molecule has 1 heteroatoms. The minimum atomic E-state index is 0.345. The fourth-order valence-corrected chi connectivity index (χ4v) is 1.91. The van der Waals surface area contributed by atoms with Crippen LogP contribution in [0.4, 0.5) is 0 Å². The summed E-state index contributed by atoms with van der Waals surface area (Å²) in [6.45, 7) is 4.16. The second-order valence-corrected chi connectivity index (χ2v) is 4.72. The first-order valence-corrected chi connectivity index (χ1v) is 6.23. The van der Waals surface area contributed by atoms with Crippen LogP contribution in [-0.2, 0) is 0 Å². The van der Waals surface area contributed by atoms with Gasteiger partial charge in [-0.1, -0.05) is 68.5 Å². The maximum absolute atomic E-state index is 9.93. The zero-order chi connectivity index (χ0) is 13.0. The van der Waals surface area contributed by atoms with Crippen molar-refractivity contribution in [1.29, 1.82) is 0 Å². The third-order valence-electron chi connectivity index (χ3n) is 2.94. The lowest BCUT2D eigenvalue weighted by molar-refractivity contribution is 0.465. The van der Waals surface area contributed by atoms with Crippen LogP contribution >= 0.6 is 0 Å². The van der Waals surface area contributed by atoms with Crippen LogP contribution in [0.25, 0.3) is 12.2 Å². The Morgan fingerprint density at radius 1 is 0.889 bits per heavy atom. The second kappa shape index (κ2) is 5.54. The highest BCUT2D eigenvalue weighted by Crippen LogP contribution is 2.26. The lowest BCUT2D eigenvalue weighted by Crippen LogP contribution is -1.88. The molecule has 0 atom stereocenters. The number of hydrogen-bond donors (Lipinski definition) is 1. The van der Waals surface area contributed by atoms with Gasteiger partial charge < -0.3 is 5.11 Å². The first kappa shape index (κ1) is 12.4. The van der Waals surface area contributed by atoms with Crippen molar-refractivity contribution in [1.82, 2.24) is 0 Å². The van der Waals surface area contributed by atoms with E-state index in [9.17, 15) is 5.11 Å². The maximum Gasteiger partial charge on any atom is 0.119 e. The molecular weight excluding hydrogens is 220 g/mol. The summed E-state index contributed by atoms with van der Waals surface area (Å²) in [6, 6.07) is 16.0. The standard InChI is InChI=1S/C17H18O/c1-13(2)16-11-10-15(12-17(16)18)9-8-14-6-4-3-5-7-14/h3-13,18H,1-2H3. The van der Waals surface area contributed by atoms with Crippen molar-refractivity contribution >= 4 is 12.2 Å². The summed E-state index contributed by atoms with van der Waals surface area (Å²) in [5.74, 6) is 0.720. The molecule has 1 N–H and O–H groups in total. The highest BCUT2D eigenvalue weighted by Gasteiger charge is 2.04. The fourth-order valence-electron chi connectivity index (χ4n) is 1.91. The van der Waals surface area contributed by atoms with Crippen LogP contribution in [0.3, 0.4) is 0 Å². The van der Waals surface area contributed by atoms with E-state index in [0.717, 1.165) is 16.7 Å². The molecule has 0 aliphatic rings. The van der Waals surface area contributed by atoms with Crippen LogP contribution in [0.15, 0.2) is 48.5 Å². The fraction of sp³-hybridized carbons (Fsp3) is 0.176. The van der Waals surface area contributed by atoms with E-state index in [1.807, 2.05) is 48.6 Å². The van der Waals surface area contributed by atoms with Gasteiger partial charge in [0.05, 0.1) is 0 Å². The summed E-state index contributed by atoms with van der Waals surface area (Å²) in [7, 11) is 0. The van der Waals surface area contributed by atoms with E-state index in [1.54, 1.807) is 0 Å². The van der Waals surface area contributed by atoms with Gasteiger partial charge in [-0.05, 0) is 28.7 Å². The maximum atomic E-state index is 9.93. The second-order valence-electron chi connectivity index (χ2n) is 4.72. The Labute approximate surface area is 108 Å². The molecule has 0 unspecified atom stereocenters. The number of aromatic hydroxyl groups is 1. The summed E-state index contributed by atoms with van der Waals surface area (Å²) < 4.78 is 0. The monoisotopic (exact) mass is 238 g/mol. The predicted octanol–water partition coefficient (Wildman–Crippen LogP) is 4.69. The quantitative estimate of drug-likeness (QED) is 0.769. The lowest BCUT2D eigenvalue weighted by Gasteiger charge is -2.08. The van der Waals surface area contributed by atoms with Crippen LogP contribution < -0.4 is 0 Å². The summed E-state index contributed by atoms with van der Waals surface area (Å²) in [6.07, 6.45) is 4.06. The number of hydrogen-bond acceptors (Lipinski definition) is 1. The molecule has 0 saturated carbocycles. The molecule has 1 nitrogen and oxygen atoms in total. The smallest absolute Gasteiger partial charge is 0.119 e. The van der Waals surface area contributed by atoms with Gasteiger partial charge >= 0.3 is 0 Å². The topological polar surface area (TPSA) is 20.2 Å². The van der Waals surface area contributed by atoms with E-state index in [-0.39, 0.29) is 0 Å². The zero-order valence-corrected chi connectivity index (χ0v) is 10.8. The van der Waals surface area contributed by atoms with Gasteiger partial charge in [-0.2, -0.15) is 0 Å². The normalized spacial score (nSPS) is 11.3. The van der Waals surface area contributed by atoms with Crippen LogP contribution in [0.5, 0.6) is 5.75 Å². The molecule has 0 spiro atoms. The molecule has 92 valence electrons. The Hall–Kier alpha value is -2.02. The molecule has 18 heavy (non-hydrogen) atoms. The van der Waals surface area contributed by atoms with Gasteiger partial charge in [0.25, 0.3) is 0 Å². The highest BCUT2D eigenvalue weighted by molar-refractivity contribution is 5.70. The lowest BCUT2D eigenvalue weighted by atomic mass is 10.00. The van der Waals surface area contributed by atoms with E-state index >= 15 is 0 Å². The molecule has 2 rings (SSSR count). The first-order chi connectivity index (χ1) is 8.66. The van der Waals surface area contributed by atoms with Crippen molar-refractivity contribution < 1.29 is 5.11 Å². The number of phenolic OH excluding ortho intramolecular Hbond substituents is 1. The predicted molar refractivity (Wildman–Crippen MR) is 77.6 cm³/mol. The Morgan fingerprint density at radius 2 is 1.56 bits per heavy atom. The number of benzene rings is 2. The Balaban J connectivity index is 2.21. The van der Waals surface area contributed by atoms with Crippen molar-refractivity contribution in [3.05, 3.63) is 65.2 Å². The minimum absolute atomic E-state index is 0.345. The molecule has 0 amide bonds. The minimum Gasteiger partial charge on any atom is -0.508 e. The molecular formula is C17H18O. The van der Waals surface area contributed by atoms with Crippen molar-refractivity contribution in [3.63, 3.8) is 0 Å². The van der Waals surface area contributed by atoms with Crippen LogP contribution in [0, 0.1) is 0 Å². The van der Waals surface area contributed by atoms with Crippen LogP contribution in [0.2, 0.25) is 0 Å². The van der Waals surface area contributed by atoms with E-state index in [2.05, 4.69) is 26.0 Å². The van der Waals surface area contributed by atoms with E-state index in [4.69, 9.17) is 0 Å². The molecule has 0 aliphatic heterocycles. The van der Waals surface area contributed by atoms with Crippen LogP contribution in [-0.4, -0.2) is 5.11 Å². The van der Waals surface area contributed by atoms with E-state index < -0.39 is 0 Å². The van der Waals surface area contributed by atoms with Crippen molar-refractivity contribution in [2.45, 2.75) is 19.8 Å². The SMILES string of the molecule is CC(C)c1ccc(C=Cc2ccccc2)cc1O. The highest BCUT2D eigenvalue weighted by atomic mass is 16.3. The molecule has 0 aromatic heterocycles. The van der Waals surface area contributed by atoms with Gasteiger partial charge in [-0.3, -0.25) is 0 Å². The third-order valence-corrected chi connectivity index (χ3v) is 2.94. The molecule has 0 aliphatic carbocycles. The third kappa shape index (κ3) is 3.01. The largest absolute Gasteiger partial charge is 0.508 e. The molecule has 0 radical (unpaired) electrons. The van der Waals surface area contributed by atoms with Gasteiger partial charge in [0, 0.05) is 0 Å². The molecule has 0 heterocycles. The summed E-state index contributed by atoms with van der Waals surface area (Å²) in [5, 5.41) is 9.93. The molecule has 0 bridgehead atoms. The number of phenols is 1. The summed E-state index contributed by atoms with van der Waals surface area (Å²) >= 11 is 0. The van der Waals surface area contributed by atoms with Crippen molar-refractivity contribution in [3.8, 4) is 5.75 Å². The van der Waals surface area contributed by atoms with Gasteiger partial charge in [0.1, 0.15) is 5.75 Å². The van der Waals surface area contributed by atoms with Crippen LogP contribution in [0.1, 0.15) is 36.5 Å². The number of rotatable bonds is 3. The zero-order valence-electron chi connectivity index (χ0n) is 10.8. The first-order valence-electron chi connectivity index (χ1n) is 6.23. The van der Waals surface area contributed by atoms with Crippen molar-refractivity contribution in [2.75, 3.05) is 0 Å². The Bertz CT molecular complexity index is 539. The molecule has 0 fully saturated rings. The van der Waals surface area contributed by atoms with Gasteiger partial charge in [0.2, 0.25) is 0 Å². The Morgan fingerprint density at radius 3 is 2.17 bits per heavy atom. The average molecular weight is 238 g/mol. The Kier molecular flexibility index (Phi) is 3.83.